The van der Waals surface area contributed by atoms with E-state index in [1.165, 1.54) is 12.1 Å². The molecule has 1 N–H and O–H groups in total. The maximum Gasteiger partial charge on any atom is 0.408 e. The molecular weight excluding hydrogens is 398 g/mol. The molecule has 0 saturated carbocycles. The van der Waals surface area contributed by atoms with E-state index in [0.717, 1.165) is 11.3 Å². The highest BCUT2D eigenvalue weighted by Gasteiger charge is 2.39. The molecule has 0 atom stereocenters. The van der Waals surface area contributed by atoms with Crippen molar-refractivity contribution in [1.82, 2.24) is 15.4 Å². The number of hydrogen-bond donors (Lipinski definition) is 1. The van der Waals surface area contributed by atoms with Gasteiger partial charge in [-0.2, -0.15) is 0 Å². The molecule has 0 spiro atoms. The Morgan fingerprint density at radius 3 is 2.28 bits per heavy atom. The monoisotopic (exact) mass is 417 g/mol. The molecule has 1 aromatic heterocycles. The fourth-order valence-corrected chi connectivity index (χ4v) is 3.43. The second-order valence-electron chi connectivity index (χ2n) is 7.21. The van der Waals surface area contributed by atoms with Gasteiger partial charge >= 0.3 is 12.1 Å². The fraction of sp³-hybridized carbons (Fsp3) is 0.316. The van der Waals surface area contributed by atoms with Crippen molar-refractivity contribution in [1.29, 1.82) is 0 Å². The van der Waals surface area contributed by atoms with Crippen LogP contribution in [0.5, 0.6) is 0 Å². The van der Waals surface area contributed by atoms with Gasteiger partial charge < -0.3 is 14.9 Å². The van der Waals surface area contributed by atoms with E-state index in [-0.39, 0.29) is 22.5 Å². The molecule has 1 aromatic carbocycles. The Morgan fingerprint density at radius 2 is 1.72 bits per heavy atom. The van der Waals surface area contributed by atoms with E-state index in [9.17, 15) is 19.2 Å². The molecule has 3 rings (SSSR count). The van der Waals surface area contributed by atoms with E-state index in [4.69, 9.17) is 9.57 Å². The Morgan fingerprint density at radius 1 is 1.14 bits per heavy atom. The number of benzene rings is 1. The Balaban J connectivity index is 1.66. The average molecular weight is 417 g/mol. The summed E-state index contributed by atoms with van der Waals surface area (Å²) < 4.78 is 5.14. The summed E-state index contributed by atoms with van der Waals surface area (Å²) in [4.78, 5) is 58.2. The number of aryl methyl sites for hydroxylation is 1. The highest BCUT2D eigenvalue weighted by Crippen LogP contribution is 2.25. The summed E-state index contributed by atoms with van der Waals surface area (Å²) in [6, 6.07) is 6.21. The van der Waals surface area contributed by atoms with Crippen molar-refractivity contribution in [2.45, 2.75) is 39.8 Å². The molecule has 1 aliphatic heterocycles. The maximum atomic E-state index is 12.5. The summed E-state index contributed by atoms with van der Waals surface area (Å²) >= 11 is 0.992. The maximum absolute atomic E-state index is 12.5. The first-order valence-electron chi connectivity index (χ1n) is 8.70. The molecule has 29 heavy (non-hydrogen) atoms. The van der Waals surface area contributed by atoms with Crippen LogP contribution in [0.2, 0.25) is 0 Å². The molecule has 1 aliphatic rings. The summed E-state index contributed by atoms with van der Waals surface area (Å²) in [7, 11) is 0. The summed E-state index contributed by atoms with van der Waals surface area (Å²) in [6.07, 6.45) is -0.611. The van der Waals surface area contributed by atoms with E-state index in [1.54, 1.807) is 39.8 Å². The van der Waals surface area contributed by atoms with Crippen molar-refractivity contribution in [2.24, 2.45) is 0 Å². The standard InChI is InChI=1S/C19H19N3O6S/c1-10-14(29-13(21-10)9-20-18(26)27-19(2,3)4)17(25)28-22-15(23)11-7-5-6-8-12(11)16(22)24/h5-8H,9H2,1-4H3,(H,20,26). The predicted molar refractivity (Wildman–Crippen MR) is 102 cm³/mol. The van der Waals surface area contributed by atoms with E-state index < -0.39 is 29.5 Å². The second-order valence-corrected chi connectivity index (χ2v) is 8.29. The molecule has 152 valence electrons. The van der Waals surface area contributed by atoms with Crippen LogP contribution in [0, 0.1) is 6.92 Å². The second kappa shape index (κ2) is 7.63. The Bertz CT molecular complexity index is 973. The summed E-state index contributed by atoms with van der Waals surface area (Å²) in [6.45, 7) is 6.88. The zero-order valence-corrected chi connectivity index (χ0v) is 17.1. The number of hydrogen-bond acceptors (Lipinski definition) is 8. The molecule has 0 fully saturated rings. The first-order valence-corrected chi connectivity index (χ1v) is 9.52. The highest BCUT2D eigenvalue weighted by molar-refractivity contribution is 7.13. The molecule has 2 heterocycles. The topological polar surface area (TPSA) is 115 Å². The first-order chi connectivity index (χ1) is 13.6. The smallest absolute Gasteiger partial charge is 0.408 e. The Labute approximate surface area is 170 Å². The lowest BCUT2D eigenvalue weighted by molar-refractivity contribution is -0.0581. The summed E-state index contributed by atoms with van der Waals surface area (Å²) in [5.41, 5.74) is 0.0734. The number of carbonyl (C=O) groups excluding carboxylic acids is 4. The van der Waals surface area contributed by atoms with E-state index in [0.29, 0.717) is 15.8 Å². The molecule has 10 heteroatoms. The molecule has 0 radical (unpaired) electrons. The number of nitrogens with one attached hydrogen (secondary N) is 1. The van der Waals surface area contributed by atoms with Gasteiger partial charge in [-0.05, 0) is 39.8 Å². The van der Waals surface area contributed by atoms with Crippen LogP contribution >= 0.6 is 11.3 Å². The zero-order chi connectivity index (χ0) is 21.3. The third-order valence-corrected chi connectivity index (χ3v) is 4.88. The van der Waals surface area contributed by atoms with Crippen LogP contribution in [0.25, 0.3) is 0 Å². The van der Waals surface area contributed by atoms with Gasteiger partial charge in [0.05, 0.1) is 23.4 Å². The van der Waals surface area contributed by atoms with Gasteiger partial charge in [-0.3, -0.25) is 9.59 Å². The Hall–Kier alpha value is -3.27. The number of ether oxygens (including phenoxy) is 1. The molecule has 9 nitrogen and oxygen atoms in total. The molecule has 0 aliphatic carbocycles. The van der Waals surface area contributed by atoms with E-state index in [1.807, 2.05) is 0 Å². The largest absolute Gasteiger partial charge is 0.444 e. The lowest BCUT2D eigenvalue weighted by Crippen LogP contribution is -2.32. The van der Waals surface area contributed by atoms with Crippen LogP contribution in [-0.2, 0) is 16.1 Å². The number of hydroxylamine groups is 2. The fourth-order valence-electron chi connectivity index (χ4n) is 2.55. The van der Waals surface area contributed by atoms with Gasteiger partial charge in [-0.15, -0.1) is 11.3 Å². The molecular formula is C19H19N3O6S. The van der Waals surface area contributed by atoms with Crippen LogP contribution in [0.15, 0.2) is 24.3 Å². The Kier molecular flexibility index (Phi) is 5.38. The van der Waals surface area contributed by atoms with Crippen LogP contribution in [0.3, 0.4) is 0 Å². The molecule has 2 aromatic rings. The number of nitrogens with zero attached hydrogens (tertiary/aromatic N) is 2. The predicted octanol–water partition coefficient (Wildman–Crippen LogP) is 2.84. The van der Waals surface area contributed by atoms with Gasteiger partial charge in [-0.25, -0.2) is 14.6 Å². The number of alkyl carbamates (subject to hydrolysis) is 1. The minimum atomic E-state index is -0.877. The number of carbonyl (C=O) groups is 4. The van der Waals surface area contributed by atoms with Gasteiger partial charge in [0.1, 0.15) is 15.5 Å². The number of aromatic nitrogens is 1. The lowest BCUT2D eigenvalue weighted by Gasteiger charge is -2.19. The molecule has 3 amide bonds. The van der Waals surface area contributed by atoms with Crippen LogP contribution in [0.4, 0.5) is 4.79 Å². The van der Waals surface area contributed by atoms with Crippen molar-refractivity contribution in [3.63, 3.8) is 0 Å². The summed E-state index contributed by atoms with van der Waals surface area (Å²) in [5.74, 6) is -2.28. The highest BCUT2D eigenvalue weighted by atomic mass is 32.1. The average Bonchev–Trinajstić information content (AvgIpc) is 3.12. The number of rotatable bonds is 4. The lowest BCUT2D eigenvalue weighted by atomic mass is 10.1. The number of thiazole rings is 1. The minimum Gasteiger partial charge on any atom is -0.444 e. The van der Waals surface area contributed by atoms with Gasteiger partial charge in [0.25, 0.3) is 11.8 Å². The molecule has 0 saturated heterocycles. The van der Waals surface area contributed by atoms with Crippen LogP contribution in [0.1, 0.15) is 61.9 Å². The van der Waals surface area contributed by atoms with Crippen molar-refractivity contribution in [2.75, 3.05) is 0 Å². The van der Waals surface area contributed by atoms with Gasteiger partial charge in [0.2, 0.25) is 0 Å². The van der Waals surface area contributed by atoms with E-state index in [2.05, 4.69) is 10.3 Å². The first kappa shape index (κ1) is 20.5. The van der Waals surface area contributed by atoms with Crippen molar-refractivity contribution in [3.05, 3.63) is 51.0 Å². The molecule has 0 unspecified atom stereocenters. The molecule has 0 bridgehead atoms. The third-order valence-electron chi connectivity index (χ3n) is 3.74. The normalized spacial score (nSPS) is 13.3. The number of fused-ring (bicyclic) bond motifs is 1. The van der Waals surface area contributed by atoms with E-state index >= 15 is 0 Å². The van der Waals surface area contributed by atoms with Gasteiger partial charge in [0.15, 0.2) is 0 Å². The minimum absolute atomic E-state index is 0.0563. The van der Waals surface area contributed by atoms with Crippen LogP contribution < -0.4 is 5.32 Å². The quantitative estimate of drug-likeness (QED) is 0.761. The zero-order valence-electron chi connectivity index (χ0n) is 16.3. The SMILES string of the molecule is Cc1nc(CNC(=O)OC(C)(C)C)sc1C(=O)ON1C(=O)c2ccccc2C1=O. The van der Waals surface area contributed by atoms with Crippen LogP contribution in [-0.4, -0.2) is 39.5 Å². The third kappa shape index (κ3) is 4.43. The number of imide groups is 1. The number of amides is 3. The van der Waals surface area contributed by atoms with Crippen molar-refractivity contribution < 1.29 is 28.8 Å². The van der Waals surface area contributed by atoms with Crippen molar-refractivity contribution >= 4 is 35.2 Å². The van der Waals surface area contributed by atoms with Gasteiger partial charge in [-0.1, -0.05) is 17.2 Å². The summed E-state index contributed by atoms with van der Waals surface area (Å²) in [5, 5.41) is 3.45. The van der Waals surface area contributed by atoms with Crippen molar-refractivity contribution in [3.8, 4) is 0 Å². The van der Waals surface area contributed by atoms with Gasteiger partial charge in [0, 0.05) is 0 Å².